The Balaban J connectivity index is 1.26. The van der Waals surface area contributed by atoms with Crippen molar-refractivity contribution in [3.63, 3.8) is 0 Å². The van der Waals surface area contributed by atoms with Gasteiger partial charge in [0.25, 0.3) is 0 Å². The Morgan fingerprint density at radius 1 is 1.11 bits per heavy atom. The van der Waals surface area contributed by atoms with Gasteiger partial charge in [0, 0.05) is 45.3 Å². The average Bonchev–Trinajstić information content (AvgIpc) is 3.24. The van der Waals surface area contributed by atoms with E-state index in [2.05, 4.69) is 27.0 Å². The second kappa shape index (κ2) is 12.1. The molecule has 3 N–H and O–H groups in total. The fourth-order valence-electron chi connectivity index (χ4n) is 4.77. The van der Waals surface area contributed by atoms with Crippen molar-refractivity contribution in [3.05, 3.63) is 40.3 Å². The van der Waals surface area contributed by atoms with Crippen molar-refractivity contribution in [2.45, 2.75) is 32.2 Å². The van der Waals surface area contributed by atoms with Crippen molar-refractivity contribution in [1.29, 1.82) is 0 Å². The molecule has 2 aliphatic rings. The smallest absolute Gasteiger partial charge is 0.214 e. The number of nitrogens with zero attached hydrogens (tertiary/aromatic N) is 4. The summed E-state index contributed by atoms with van der Waals surface area (Å²) in [5.74, 6) is -2.73. The van der Waals surface area contributed by atoms with E-state index in [9.17, 15) is 22.0 Å². The highest BCUT2D eigenvalue weighted by Crippen LogP contribution is 2.30. The third-order valence-corrected chi connectivity index (χ3v) is 9.97. The zero-order chi connectivity index (χ0) is 26.6. The van der Waals surface area contributed by atoms with E-state index in [1.807, 2.05) is 0 Å². The van der Waals surface area contributed by atoms with E-state index in [0.29, 0.717) is 37.5 Å². The van der Waals surface area contributed by atoms with Crippen LogP contribution in [0.5, 0.6) is 0 Å². The molecule has 0 spiro atoms. The number of ketones is 1. The maximum absolute atomic E-state index is 14.0. The molecule has 0 radical (unpaired) electrons. The maximum atomic E-state index is 14.0. The van der Waals surface area contributed by atoms with Crippen LogP contribution in [0.25, 0.3) is 0 Å². The Bertz CT molecular complexity index is 1170. The molecule has 2 aromatic rings. The average molecular weight is 557 g/mol. The Labute approximate surface area is 220 Å². The number of hydrogen-bond acceptors (Lipinski definition) is 9. The monoisotopic (exact) mass is 556 g/mol. The van der Waals surface area contributed by atoms with E-state index in [0.717, 1.165) is 62.7 Å². The van der Waals surface area contributed by atoms with Gasteiger partial charge in [0.2, 0.25) is 15.8 Å². The van der Waals surface area contributed by atoms with Crippen molar-refractivity contribution in [3.8, 4) is 0 Å². The van der Waals surface area contributed by atoms with Gasteiger partial charge in [-0.15, -0.1) is 0 Å². The van der Waals surface area contributed by atoms with Gasteiger partial charge in [0.05, 0.1) is 11.3 Å². The topological polar surface area (TPSA) is 112 Å². The summed E-state index contributed by atoms with van der Waals surface area (Å²) in [6.07, 6.45) is 1.76. The number of piperazine rings is 1. The zero-order valence-corrected chi connectivity index (χ0v) is 22.6. The summed E-state index contributed by atoms with van der Waals surface area (Å²) in [5.41, 5.74) is 5.22. The van der Waals surface area contributed by atoms with E-state index >= 15 is 0 Å². The van der Waals surface area contributed by atoms with Crippen LogP contribution >= 0.6 is 11.3 Å². The van der Waals surface area contributed by atoms with Crippen LogP contribution in [-0.4, -0.2) is 97.4 Å². The minimum Gasteiger partial charge on any atom is -0.382 e. The van der Waals surface area contributed by atoms with Gasteiger partial charge in [0.15, 0.2) is 5.13 Å². The lowest BCUT2D eigenvalue weighted by Crippen LogP contribution is -2.47. The van der Waals surface area contributed by atoms with Gasteiger partial charge >= 0.3 is 0 Å². The van der Waals surface area contributed by atoms with Gasteiger partial charge in [-0.3, -0.25) is 4.79 Å². The highest BCUT2D eigenvalue weighted by molar-refractivity contribution is 7.89. The van der Waals surface area contributed by atoms with Gasteiger partial charge in [-0.25, -0.2) is 26.5 Å². The summed E-state index contributed by atoms with van der Waals surface area (Å²) < 4.78 is 55.3. The number of carbonyl (C=O) groups is 1. The van der Waals surface area contributed by atoms with Gasteiger partial charge in [-0.1, -0.05) is 24.3 Å². The first-order valence-corrected chi connectivity index (χ1v) is 15.0. The Kier molecular flexibility index (Phi) is 9.11. The summed E-state index contributed by atoms with van der Waals surface area (Å²) >= 11 is 0.936. The highest BCUT2D eigenvalue weighted by atomic mass is 32.2. The molecular formula is C24H34F2N6O3S2. The molecule has 2 fully saturated rings. The number of likely N-dealkylation sites (N-methyl/N-ethyl adjacent to an activating group) is 1. The number of halogens is 2. The van der Waals surface area contributed by atoms with Crippen LogP contribution in [-0.2, 0) is 10.0 Å². The molecule has 2 saturated heterocycles. The molecule has 204 valence electrons. The van der Waals surface area contributed by atoms with Crippen molar-refractivity contribution in [2.75, 3.05) is 69.2 Å². The third-order valence-electron chi connectivity index (χ3n) is 7.01. The fraction of sp³-hybridized carbons (Fsp3) is 0.583. The Morgan fingerprint density at radius 3 is 2.35 bits per heavy atom. The predicted octanol–water partition coefficient (Wildman–Crippen LogP) is 2.47. The zero-order valence-electron chi connectivity index (χ0n) is 21.0. The van der Waals surface area contributed by atoms with Gasteiger partial charge < -0.3 is 20.9 Å². The van der Waals surface area contributed by atoms with Crippen LogP contribution in [0.15, 0.2) is 18.2 Å². The molecule has 1 aromatic heterocycles. The Morgan fingerprint density at radius 2 is 1.73 bits per heavy atom. The van der Waals surface area contributed by atoms with E-state index in [4.69, 9.17) is 5.73 Å². The molecule has 9 nitrogen and oxygen atoms in total. The molecule has 3 heterocycles. The third kappa shape index (κ3) is 6.82. The van der Waals surface area contributed by atoms with Crippen molar-refractivity contribution in [2.24, 2.45) is 0 Å². The molecule has 0 aliphatic carbocycles. The molecule has 0 amide bonds. The molecule has 4 rings (SSSR count). The normalized spacial score (nSPS) is 18.8. The van der Waals surface area contributed by atoms with Gasteiger partial charge in [0.1, 0.15) is 22.3 Å². The fourth-order valence-corrected chi connectivity index (χ4v) is 7.19. The van der Waals surface area contributed by atoms with Crippen molar-refractivity contribution in [1.82, 2.24) is 19.1 Å². The number of aromatic nitrogens is 1. The SMILES string of the molecule is CCN1CCN(CCCS(=O)(=O)N2CCC(Nc3nc(N)c(C(=O)c4c(F)cccc4F)s3)CC2)CC1. The van der Waals surface area contributed by atoms with E-state index in [1.54, 1.807) is 4.31 Å². The first kappa shape index (κ1) is 27.8. The second-order valence-corrected chi connectivity index (χ2v) is 12.5. The van der Waals surface area contributed by atoms with Crippen LogP contribution in [0, 0.1) is 11.6 Å². The molecule has 2 aliphatic heterocycles. The number of nitrogen functional groups attached to an aromatic ring is 1. The summed E-state index contributed by atoms with van der Waals surface area (Å²) in [5, 5.41) is 3.56. The molecular weight excluding hydrogens is 522 g/mol. The number of piperidine rings is 1. The summed E-state index contributed by atoms with van der Waals surface area (Å²) in [6.45, 7) is 8.80. The van der Waals surface area contributed by atoms with E-state index < -0.39 is 33.0 Å². The van der Waals surface area contributed by atoms with Crippen LogP contribution in [0.4, 0.5) is 19.7 Å². The molecule has 0 unspecified atom stereocenters. The van der Waals surface area contributed by atoms with E-state index in [-0.39, 0.29) is 22.5 Å². The Hall–Kier alpha value is -2.19. The maximum Gasteiger partial charge on any atom is 0.214 e. The standard InChI is InChI=1S/C24H34F2N6O3S2/c1-2-30-12-14-31(15-13-30)9-4-16-37(34,35)32-10-7-17(8-11-32)28-24-29-23(27)22(36-24)21(33)20-18(25)5-3-6-19(20)26/h3,5-6,17H,2,4,7-16,27H2,1H3,(H,28,29). The van der Waals surface area contributed by atoms with Crippen LogP contribution in [0.1, 0.15) is 41.4 Å². The minimum atomic E-state index is -3.33. The summed E-state index contributed by atoms with van der Waals surface area (Å²) in [4.78, 5) is 21.5. The van der Waals surface area contributed by atoms with Crippen LogP contribution in [0.3, 0.4) is 0 Å². The lowest BCUT2D eigenvalue weighted by molar-refractivity contribution is 0.103. The number of sulfonamides is 1. The number of carbonyl (C=O) groups excluding carboxylic acids is 1. The molecule has 0 atom stereocenters. The quantitative estimate of drug-likeness (QED) is 0.430. The van der Waals surface area contributed by atoms with Gasteiger partial charge in [-0.2, -0.15) is 0 Å². The molecule has 13 heteroatoms. The minimum absolute atomic E-state index is 0.0392. The molecule has 0 bridgehead atoms. The van der Waals surface area contributed by atoms with Crippen LogP contribution < -0.4 is 11.1 Å². The lowest BCUT2D eigenvalue weighted by Gasteiger charge is -2.34. The first-order chi connectivity index (χ1) is 17.7. The predicted molar refractivity (Wildman–Crippen MR) is 141 cm³/mol. The number of benzene rings is 1. The number of anilines is 2. The highest BCUT2D eigenvalue weighted by Gasteiger charge is 2.29. The lowest BCUT2D eigenvalue weighted by atomic mass is 10.1. The number of rotatable bonds is 10. The van der Waals surface area contributed by atoms with Crippen LogP contribution in [0.2, 0.25) is 0 Å². The summed E-state index contributed by atoms with van der Waals surface area (Å²) in [7, 11) is -3.33. The van der Waals surface area contributed by atoms with E-state index in [1.165, 1.54) is 6.07 Å². The molecule has 0 saturated carbocycles. The van der Waals surface area contributed by atoms with Crippen molar-refractivity contribution >= 4 is 38.1 Å². The number of nitrogens with one attached hydrogen (secondary N) is 1. The number of thiazole rings is 1. The molecule has 37 heavy (non-hydrogen) atoms. The number of hydrogen-bond donors (Lipinski definition) is 2. The number of nitrogens with two attached hydrogens (primary N) is 1. The first-order valence-electron chi connectivity index (χ1n) is 12.6. The largest absolute Gasteiger partial charge is 0.382 e. The molecule has 1 aromatic carbocycles. The second-order valence-electron chi connectivity index (χ2n) is 9.42. The summed E-state index contributed by atoms with van der Waals surface area (Å²) in [6, 6.07) is 3.16. The van der Waals surface area contributed by atoms with Crippen molar-refractivity contribution < 1.29 is 22.0 Å². The van der Waals surface area contributed by atoms with Gasteiger partial charge in [-0.05, 0) is 44.5 Å².